The molecule has 8 nitrogen and oxygen atoms in total. The van der Waals surface area contributed by atoms with Crippen LogP contribution in [0.4, 0.5) is 17.1 Å². The van der Waals surface area contributed by atoms with Gasteiger partial charge in [-0.15, -0.1) is 10.2 Å². The maximum atomic E-state index is 11.7. The molecule has 0 amide bonds. The molecule has 9 heteroatoms. The maximum absolute atomic E-state index is 11.7. The van der Waals surface area contributed by atoms with Gasteiger partial charge in [-0.25, -0.2) is 0 Å². The fraction of sp³-hybridized carbons (Fsp3) is 0.0588. The number of aromatic hydroxyl groups is 1. The Morgan fingerprint density at radius 3 is 2.50 bits per heavy atom. The van der Waals surface area contributed by atoms with Gasteiger partial charge in [0, 0.05) is 11.1 Å². The van der Waals surface area contributed by atoms with Crippen molar-refractivity contribution in [3.63, 3.8) is 0 Å². The molecule has 3 rings (SSSR count). The van der Waals surface area contributed by atoms with E-state index in [9.17, 15) is 18.1 Å². The van der Waals surface area contributed by atoms with Gasteiger partial charge in [0.15, 0.2) is 5.75 Å². The fourth-order valence-electron chi connectivity index (χ4n) is 2.47. The van der Waals surface area contributed by atoms with E-state index in [0.29, 0.717) is 22.5 Å². The third-order valence-corrected chi connectivity index (χ3v) is 4.56. The first-order chi connectivity index (χ1) is 12.3. The molecule has 0 heterocycles. The molecular formula is C17H15N3O5S. The molecule has 0 saturated heterocycles. The third kappa shape index (κ3) is 3.30. The van der Waals surface area contributed by atoms with E-state index in [0.717, 1.165) is 0 Å². The minimum absolute atomic E-state index is 0.284. The van der Waals surface area contributed by atoms with Crippen molar-refractivity contribution in [2.75, 3.05) is 12.8 Å². The molecule has 26 heavy (non-hydrogen) atoms. The summed E-state index contributed by atoms with van der Waals surface area (Å²) in [4.78, 5) is -0.564. The quantitative estimate of drug-likeness (QED) is 0.362. The molecule has 134 valence electrons. The molecule has 0 atom stereocenters. The van der Waals surface area contributed by atoms with Gasteiger partial charge in [0.25, 0.3) is 10.1 Å². The van der Waals surface area contributed by atoms with Crippen molar-refractivity contribution >= 4 is 38.0 Å². The predicted molar refractivity (Wildman–Crippen MR) is 97.0 cm³/mol. The minimum Gasteiger partial charge on any atom is -0.505 e. The Labute approximate surface area is 149 Å². The molecule has 0 unspecified atom stereocenters. The second kappa shape index (κ2) is 6.62. The molecule has 3 aromatic rings. The van der Waals surface area contributed by atoms with E-state index in [2.05, 4.69) is 10.2 Å². The van der Waals surface area contributed by atoms with E-state index in [1.165, 1.54) is 25.3 Å². The molecule has 3 aromatic carbocycles. The van der Waals surface area contributed by atoms with Gasteiger partial charge < -0.3 is 15.6 Å². The number of phenolic OH excluding ortho intramolecular Hbond substituents is 1. The summed E-state index contributed by atoms with van der Waals surface area (Å²) in [5.41, 5.74) is 6.03. The summed E-state index contributed by atoms with van der Waals surface area (Å²) in [5.74, 6) is -0.0461. The van der Waals surface area contributed by atoms with E-state index in [1.54, 1.807) is 30.3 Å². The second-order valence-corrected chi connectivity index (χ2v) is 6.79. The van der Waals surface area contributed by atoms with Crippen LogP contribution in [0.2, 0.25) is 0 Å². The number of rotatable bonds is 4. The number of fused-ring (bicyclic) bond motifs is 1. The topological polar surface area (TPSA) is 135 Å². The lowest BCUT2D eigenvalue weighted by atomic mass is 10.1. The highest BCUT2D eigenvalue weighted by Crippen LogP contribution is 2.42. The Morgan fingerprint density at radius 2 is 1.81 bits per heavy atom. The number of hydrogen-bond donors (Lipinski definition) is 3. The molecule has 0 aromatic heterocycles. The van der Waals surface area contributed by atoms with Gasteiger partial charge >= 0.3 is 0 Å². The van der Waals surface area contributed by atoms with Crippen molar-refractivity contribution in [1.82, 2.24) is 0 Å². The van der Waals surface area contributed by atoms with E-state index >= 15 is 0 Å². The van der Waals surface area contributed by atoms with Crippen molar-refractivity contribution in [1.29, 1.82) is 0 Å². The number of azo groups is 1. The van der Waals surface area contributed by atoms with Crippen LogP contribution in [0.15, 0.2) is 63.7 Å². The third-order valence-electron chi connectivity index (χ3n) is 3.70. The van der Waals surface area contributed by atoms with E-state index in [-0.39, 0.29) is 5.39 Å². The highest BCUT2D eigenvalue weighted by atomic mass is 32.2. The number of phenols is 1. The Kier molecular flexibility index (Phi) is 4.49. The summed E-state index contributed by atoms with van der Waals surface area (Å²) >= 11 is 0. The largest absolute Gasteiger partial charge is 0.505 e. The van der Waals surface area contributed by atoms with Crippen LogP contribution < -0.4 is 10.5 Å². The van der Waals surface area contributed by atoms with Gasteiger partial charge in [-0.1, -0.05) is 18.2 Å². The zero-order valence-corrected chi connectivity index (χ0v) is 14.4. The van der Waals surface area contributed by atoms with E-state index < -0.39 is 26.5 Å². The maximum Gasteiger partial charge on any atom is 0.296 e. The highest BCUT2D eigenvalue weighted by Gasteiger charge is 2.22. The lowest BCUT2D eigenvalue weighted by Gasteiger charge is -2.09. The van der Waals surface area contributed by atoms with Gasteiger partial charge in [-0.3, -0.25) is 4.55 Å². The van der Waals surface area contributed by atoms with Crippen LogP contribution in [0.1, 0.15) is 0 Å². The summed E-state index contributed by atoms with van der Waals surface area (Å²) in [6, 6.07) is 12.4. The van der Waals surface area contributed by atoms with Crippen LogP contribution in [-0.4, -0.2) is 25.2 Å². The van der Waals surface area contributed by atoms with Crippen LogP contribution in [-0.2, 0) is 10.1 Å². The average Bonchev–Trinajstić information content (AvgIpc) is 2.60. The van der Waals surface area contributed by atoms with Crippen molar-refractivity contribution in [2.45, 2.75) is 4.90 Å². The van der Waals surface area contributed by atoms with E-state index in [4.69, 9.17) is 10.5 Å². The Bertz CT molecular complexity index is 1130. The molecule has 0 saturated carbocycles. The first-order valence-corrected chi connectivity index (χ1v) is 8.82. The highest BCUT2D eigenvalue weighted by molar-refractivity contribution is 7.86. The first-order valence-electron chi connectivity index (χ1n) is 7.38. The average molecular weight is 373 g/mol. The standard InChI is InChI=1S/C17H15N3O5S/c1-25-14-5-3-2-4-13(14)19-20-16-15(26(22,23)24)8-10-6-7-11(18)9-12(10)17(16)21/h2-9,21H,18H2,1H3,(H,22,23,24). The number of hydrogen-bond acceptors (Lipinski definition) is 7. The monoisotopic (exact) mass is 373 g/mol. The summed E-state index contributed by atoms with van der Waals surface area (Å²) in [7, 11) is -3.20. The molecule has 0 aliphatic rings. The smallest absolute Gasteiger partial charge is 0.296 e. The SMILES string of the molecule is COc1ccccc1N=Nc1c(S(=O)(=O)O)cc2ccc(N)cc2c1O. The van der Waals surface area contributed by atoms with Crippen molar-refractivity contribution < 1.29 is 22.8 Å². The summed E-state index contributed by atoms with van der Waals surface area (Å²) < 4.78 is 38.2. The Morgan fingerprint density at radius 1 is 1.08 bits per heavy atom. The van der Waals surface area contributed by atoms with E-state index in [1.807, 2.05) is 0 Å². The van der Waals surface area contributed by atoms with Gasteiger partial charge in [0.05, 0.1) is 7.11 Å². The molecule has 0 aliphatic heterocycles. The summed E-state index contributed by atoms with van der Waals surface area (Å²) in [6.45, 7) is 0. The zero-order chi connectivity index (χ0) is 18.9. The number of nitrogen functional groups attached to an aromatic ring is 1. The van der Waals surface area contributed by atoms with Crippen LogP contribution in [0.3, 0.4) is 0 Å². The van der Waals surface area contributed by atoms with Gasteiger partial charge in [-0.05, 0) is 35.7 Å². The number of anilines is 1. The lowest BCUT2D eigenvalue weighted by Crippen LogP contribution is -1.99. The number of nitrogens with zero attached hydrogens (tertiary/aromatic N) is 2. The number of nitrogens with two attached hydrogens (primary N) is 1. The van der Waals surface area contributed by atoms with Crippen LogP contribution in [0, 0.1) is 0 Å². The second-order valence-electron chi connectivity index (χ2n) is 5.40. The van der Waals surface area contributed by atoms with Crippen molar-refractivity contribution in [3.8, 4) is 11.5 Å². The predicted octanol–water partition coefficient (Wildman–Crippen LogP) is 3.80. The molecule has 0 aliphatic carbocycles. The molecule has 4 N–H and O–H groups in total. The number of benzene rings is 3. The van der Waals surface area contributed by atoms with Crippen LogP contribution in [0.25, 0.3) is 10.8 Å². The normalized spacial score (nSPS) is 11.9. The van der Waals surface area contributed by atoms with Crippen molar-refractivity contribution in [2.24, 2.45) is 10.2 Å². The molecule has 0 radical (unpaired) electrons. The zero-order valence-electron chi connectivity index (χ0n) is 13.6. The Balaban J connectivity index is 2.26. The van der Waals surface area contributed by atoms with Crippen molar-refractivity contribution in [3.05, 3.63) is 48.5 Å². The summed E-state index contributed by atoms with van der Waals surface area (Å²) in [5, 5.41) is 19.0. The molecule has 0 spiro atoms. The van der Waals surface area contributed by atoms with Gasteiger partial charge in [-0.2, -0.15) is 8.42 Å². The number of methoxy groups -OCH3 is 1. The van der Waals surface area contributed by atoms with Crippen LogP contribution in [0.5, 0.6) is 11.5 Å². The number of ether oxygens (including phenoxy) is 1. The number of para-hydroxylation sites is 1. The fourth-order valence-corrected chi connectivity index (χ4v) is 3.13. The van der Waals surface area contributed by atoms with Crippen LogP contribution >= 0.6 is 0 Å². The molecular weight excluding hydrogens is 358 g/mol. The minimum atomic E-state index is -4.65. The van der Waals surface area contributed by atoms with Gasteiger partial charge in [0.1, 0.15) is 22.0 Å². The molecule has 0 fully saturated rings. The van der Waals surface area contributed by atoms with Gasteiger partial charge in [0.2, 0.25) is 0 Å². The first kappa shape index (κ1) is 17.6. The Hall–Kier alpha value is -3.17. The summed E-state index contributed by atoms with van der Waals surface area (Å²) in [6.07, 6.45) is 0. The lowest BCUT2D eigenvalue weighted by molar-refractivity contribution is 0.416. The molecule has 0 bridgehead atoms.